The van der Waals surface area contributed by atoms with Crippen molar-refractivity contribution in [3.05, 3.63) is 39.7 Å². The second-order valence-corrected chi connectivity index (χ2v) is 5.19. The van der Waals surface area contributed by atoms with E-state index in [0.29, 0.717) is 10.0 Å². The molecule has 0 aliphatic carbocycles. The van der Waals surface area contributed by atoms with Crippen molar-refractivity contribution in [2.75, 3.05) is 4.72 Å². The molecule has 4 nitrogen and oxygen atoms in total. The van der Waals surface area contributed by atoms with Crippen LogP contribution >= 0.6 is 46.8 Å². The van der Waals surface area contributed by atoms with Crippen molar-refractivity contribution in [2.45, 2.75) is 4.90 Å². The third-order valence-corrected chi connectivity index (χ3v) is 3.60. The van der Waals surface area contributed by atoms with Crippen molar-refractivity contribution >= 4 is 52.6 Å². The molecule has 2 N–H and O–H groups in total. The number of aromatic hydroxyl groups is 1. The molecular weight excluding hydrogens is 317 g/mol. The zero-order valence-corrected chi connectivity index (χ0v) is 11.8. The van der Waals surface area contributed by atoms with Gasteiger partial charge >= 0.3 is 0 Å². The average molecular weight is 323 g/mol. The summed E-state index contributed by atoms with van der Waals surface area (Å²) >= 11 is 18.5. The first-order valence-corrected chi connectivity index (χ1v) is 6.60. The van der Waals surface area contributed by atoms with E-state index in [4.69, 9.17) is 34.8 Å². The highest BCUT2D eigenvalue weighted by Gasteiger charge is 2.06. The quantitative estimate of drug-likeness (QED) is 0.653. The van der Waals surface area contributed by atoms with Crippen LogP contribution in [0, 0.1) is 0 Å². The van der Waals surface area contributed by atoms with Gasteiger partial charge in [0.05, 0.1) is 16.2 Å². The van der Waals surface area contributed by atoms with Gasteiger partial charge in [0, 0.05) is 4.90 Å². The highest BCUT2D eigenvalue weighted by Crippen LogP contribution is 2.30. The zero-order chi connectivity index (χ0) is 13.1. The summed E-state index contributed by atoms with van der Waals surface area (Å²) in [6.45, 7) is 0. The van der Waals surface area contributed by atoms with E-state index >= 15 is 0 Å². The molecule has 0 aliphatic rings. The number of hydrogen-bond acceptors (Lipinski definition) is 5. The lowest BCUT2D eigenvalue weighted by molar-refractivity contribution is 0.473. The van der Waals surface area contributed by atoms with E-state index in [9.17, 15) is 5.11 Å². The summed E-state index contributed by atoms with van der Waals surface area (Å²) < 4.78 is 2.85. The van der Waals surface area contributed by atoms with Crippen molar-refractivity contribution in [3.8, 4) is 5.75 Å². The molecule has 0 unspecified atom stereocenters. The Morgan fingerprint density at radius 2 is 1.94 bits per heavy atom. The minimum atomic E-state index is -0.0908. The molecule has 1 heterocycles. The molecule has 0 fully saturated rings. The number of aromatic nitrogens is 2. The van der Waals surface area contributed by atoms with Crippen LogP contribution in [0.3, 0.4) is 0 Å². The van der Waals surface area contributed by atoms with E-state index in [2.05, 4.69) is 14.7 Å². The van der Waals surface area contributed by atoms with Crippen LogP contribution in [-0.4, -0.2) is 15.1 Å². The van der Waals surface area contributed by atoms with Gasteiger partial charge in [-0.3, -0.25) is 0 Å². The molecule has 0 spiro atoms. The fourth-order valence-electron chi connectivity index (χ4n) is 1.08. The Hall–Kier alpha value is -0.880. The van der Waals surface area contributed by atoms with Crippen molar-refractivity contribution in [2.24, 2.45) is 0 Å². The van der Waals surface area contributed by atoms with Gasteiger partial charge in [0.25, 0.3) is 0 Å². The van der Waals surface area contributed by atoms with Gasteiger partial charge in [-0.25, -0.2) is 4.98 Å². The lowest BCUT2D eigenvalue weighted by Crippen LogP contribution is -1.93. The Balaban J connectivity index is 2.11. The molecule has 0 atom stereocenters. The van der Waals surface area contributed by atoms with Crippen LogP contribution in [0.2, 0.25) is 15.3 Å². The van der Waals surface area contributed by atoms with Crippen LogP contribution in [-0.2, 0) is 0 Å². The van der Waals surface area contributed by atoms with Crippen LogP contribution in [0.1, 0.15) is 0 Å². The average Bonchev–Trinajstić information content (AvgIpc) is 2.34. The van der Waals surface area contributed by atoms with Crippen molar-refractivity contribution in [1.29, 1.82) is 0 Å². The summed E-state index contributed by atoms with van der Waals surface area (Å²) in [6, 6.07) is 5.16. The molecule has 0 saturated carbocycles. The minimum absolute atomic E-state index is 0.0463. The van der Waals surface area contributed by atoms with Crippen molar-refractivity contribution in [1.82, 2.24) is 9.97 Å². The predicted octanol–water partition coefficient (Wildman–Crippen LogP) is 4.26. The topological polar surface area (TPSA) is 58.0 Å². The van der Waals surface area contributed by atoms with E-state index in [1.807, 2.05) is 0 Å². The van der Waals surface area contributed by atoms with Gasteiger partial charge in [-0.15, -0.1) is 0 Å². The van der Waals surface area contributed by atoms with Gasteiger partial charge in [0.15, 0.2) is 11.6 Å². The largest absolute Gasteiger partial charge is 0.503 e. The molecule has 0 aliphatic heterocycles. The number of anilines is 1. The standard InChI is InChI=1S/C10H6Cl3N3OS/c11-6-2-1-5(3-7(6)12)18-16-9-8(17)4-14-10(13)15-9/h1-4,17H,(H,14,15,16). The second kappa shape index (κ2) is 5.84. The molecular formula is C10H6Cl3N3OS. The number of halogens is 3. The SMILES string of the molecule is Oc1cnc(Cl)nc1NSc1ccc(Cl)c(Cl)c1. The van der Waals surface area contributed by atoms with Gasteiger partial charge in [-0.05, 0) is 41.7 Å². The molecule has 1 aromatic carbocycles. The zero-order valence-electron chi connectivity index (χ0n) is 8.69. The maximum atomic E-state index is 9.51. The highest BCUT2D eigenvalue weighted by molar-refractivity contribution is 8.00. The monoisotopic (exact) mass is 321 g/mol. The summed E-state index contributed by atoms with van der Waals surface area (Å²) in [5.74, 6) is 0.137. The van der Waals surface area contributed by atoms with Gasteiger partial charge in [-0.1, -0.05) is 23.2 Å². The maximum absolute atomic E-state index is 9.51. The molecule has 18 heavy (non-hydrogen) atoms. The smallest absolute Gasteiger partial charge is 0.224 e. The molecule has 94 valence electrons. The Bertz CT molecular complexity index is 582. The van der Waals surface area contributed by atoms with Crippen LogP contribution < -0.4 is 4.72 Å². The van der Waals surface area contributed by atoms with Gasteiger partial charge < -0.3 is 9.83 Å². The predicted molar refractivity (Wildman–Crippen MR) is 74.6 cm³/mol. The summed E-state index contributed by atoms with van der Waals surface area (Å²) in [6.07, 6.45) is 1.22. The molecule has 0 amide bonds. The van der Waals surface area contributed by atoms with E-state index in [-0.39, 0.29) is 16.9 Å². The summed E-state index contributed by atoms with van der Waals surface area (Å²) in [5.41, 5.74) is 0. The lowest BCUT2D eigenvalue weighted by Gasteiger charge is -2.06. The Labute approximate surface area is 122 Å². The van der Waals surface area contributed by atoms with Crippen molar-refractivity contribution in [3.63, 3.8) is 0 Å². The summed E-state index contributed by atoms with van der Waals surface area (Å²) in [5, 5.41) is 10.5. The highest BCUT2D eigenvalue weighted by atomic mass is 35.5. The fraction of sp³-hybridized carbons (Fsp3) is 0. The number of nitrogens with zero attached hydrogens (tertiary/aromatic N) is 2. The Morgan fingerprint density at radius 3 is 2.67 bits per heavy atom. The lowest BCUT2D eigenvalue weighted by atomic mass is 10.4. The summed E-state index contributed by atoms with van der Waals surface area (Å²) in [7, 11) is 0. The number of nitrogens with one attached hydrogen (secondary N) is 1. The third-order valence-electron chi connectivity index (χ3n) is 1.90. The second-order valence-electron chi connectivity index (χ2n) is 3.15. The van der Waals surface area contributed by atoms with Crippen LogP contribution in [0.5, 0.6) is 5.75 Å². The molecule has 2 aromatic rings. The van der Waals surface area contributed by atoms with Crippen LogP contribution in [0.15, 0.2) is 29.3 Å². The van der Waals surface area contributed by atoms with Gasteiger partial charge in [0.1, 0.15) is 0 Å². The fourth-order valence-corrected chi connectivity index (χ4v) is 2.25. The molecule has 0 saturated heterocycles. The number of benzene rings is 1. The van der Waals surface area contributed by atoms with Crippen LogP contribution in [0.4, 0.5) is 5.82 Å². The minimum Gasteiger partial charge on any atom is -0.503 e. The Morgan fingerprint density at radius 1 is 1.17 bits per heavy atom. The first-order valence-electron chi connectivity index (χ1n) is 4.65. The summed E-state index contributed by atoms with van der Waals surface area (Å²) in [4.78, 5) is 8.30. The van der Waals surface area contributed by atoms with Gasteiger partial charge in [0.2, 0.25) is 5.28 Å². The number of hydrogen-bond donors (Lipinski definition) is 2. The first kappa shape index (κ1) is 13.5. The van der Waals surface area contributed by atoms with E-state index in [1.165, 1.54) is 18.1 Å². The van der Waals surface area contributed by atoms with Gasteiger partial charge in [-0.2, -0.15) is 4.98 Å². The Kier molecular flexibility index (Phi) is 4.40. The van der Waals surface area contributed by atoms with E-state index in [1.54, 1.807) is 18.2 Å². The first-order chi connectivity index (χ1) is 8.56. The number of rotatable bonds is 3. The van der Waals surface area contributed by atoms with Crippen molar-refractivity contribution < 1.29 is 5.11 Å². The third kappa shape index (κ3) is 3.32. The van der Waals surface area contributed by atoms with E-state index in [0.717, 1.165) is 4.90 Å². The van der Waals surface area contributed by atoms with Crippen LogP contribution in [0.25, 0.3) is 0 Å². The molecule has 2 rings (SSSR count). The molecule has 8 heteroatoms. The molecule has 1 aromatic heterocycles. The molecule has 0 bridgehead atoms. The van der Waals surface area contributed by atoms with E-state index < -0.39 is 0 Å². The maximum Gasteiger partial charge on any atom is 0.224 e. The normalized spacial score (nSPS) is 10.4. The molecule has 0 radical (unpaired) electrons.